The van der Waals surface area contributed by atoms with Gasteiger partial charge in [0.1, 0.15) is 11.8 Å². The largest absolute Gasteiger partial charge is 0.337 e. The second-order valence-corrected chi connectivity index (χ2v) is 6.64. The summed E-state index contributed by atoms with van der Waals surface area (Å²) in [5.74, 6) is 0.00367. The van der Waals surface area contributed by atoms with Gasteiger partial charge < -0.3 is 9.80 Å². The minimum Gasteiger partial charge on any atom is -0.337 e. The molecule has 1 aliphatic heterocycles. The van der Waals surface area contributed by atoms with E-state index in [-0.39, 0.29) is 11.9 Å². The van der Waals surface area contributed by atoms with Gasteiger partial charge in [0.15, 0.2) is 5.65 Å². The second kappa shape index (κ2) is 6.29. The molecule has 1 atom stereocenters. The van der Waals surface area contributed by atoms with Crippen molar-refractivity contribution in [2.24, 2.45) is 0 Å². The summed E-state index contributed by atoms with van der Waals surface area (Å²) in [6, 6.07) is 12.0. The van der Waals surface area contributed by atoms with Gasteiger partial charge >= 0.3 is 0 Å². The molecule has 4 rings (SSSR count). The van der Waals surface area contributed by atoms with Gasteiger partial charge in [-0.2, -0.15) is 0 Å². The van der Waals surface area contributed by atoms with E-state index in [0.29, 0.717) is 5.56 Å². The Hall–Kier alpha value is -2.73. The molecule has 1 aromatic carbocycles. The molecule has 1 fully saturated rings. The number of pyridine rings is 1. The highest BCUT2D eigenvalue weighted by Gasteiger charge is 2.27. The molecule has 0 spiro atoms. The molecule has 0 N–H and O–H groups in total. The summed E-state index contributed by atoms with van der Waals surface area (Å²) in [5.41, 5.74) is 3.07. The first-order valence-corrected chi connectivity index (χ1v) is 8.48. The van der Waals surface area contributed by atoms with E-state index in [1.54, 1.807) is 12.5 Å². The van der Waals surface area contributed by atoms with E-state index in [4.69, 9.17) is 0 Å². The predicted octanol–water partition coefficient (Wildman–Crippen LogP) is 2.20. The van der Waals surface area contributed by atoms with Crippen LogP contribution in [-0.2, 0) is 0 Å². The summed E-state index contributed by atoms with van der Waals surface area (Å²) in [5, 5.41) is 0. The smallest absolute Gasteiger partial charge is 0.255 e. The number of carbonyl (C=O) groups excluding carboxylic acids is 1. The van der Waals surface area contributed by atoms with Crippen molar-refractivity contribution in [3.63, 3.8) is 0 Å². The van der Waals surface area contributed by atoms with Gasteiger partial charge in [-0.15, -0.1) is 0 Å². The Balaban J connectivity index is 1.63. The average Bonchev–Trinajstić information content (AvgIpc) is 3.27. The van der Waals surface area contributed by atoms with Gasteiger partial charge in [-0.25, -0.2) is 9.97 Å². The number of likely N-dealkylation sites (tertiary alicyclic amines) is 1. The molecular weight excluding hydrogens is 314 g/mol. The van der Waals surface area contributed by atoms with E-state index in [2.05, 4.69) is 21.9 Å². The number of rotatable bonds is 3. The van der Waals surface area contributed by atoms with Gasteiger partial charge in [-0.1, -0.05) is 18.2 Å². The van der Waals surface area contributed by atoms with Gasteiger partial charge in [0, 0.05) is 31.5 Å². The van der Waals surface area contributed by atoms with E-state index < -0.39 is 0 Å². The van der Waals surface area contributed by atoms with Crippen LogP contribution in [0.25, 0.3) is 16.9 Å². The van der Waals surface area contributed by atoms with E-state index in [1.165, 1.54) is 0 Å². The molecule has 0 saturated carbocycles. The maximum Gasteiger partial charge on any atom is 0.255 e. The first-order chi connectivity index (χ1) is 12.1. The quantitative estimate of drug-likeness (QED) is 0.736. The highest BCUT2D eigenvalue weighted by atomic mass is 16.2. The fraction of sp³-hybridized carbons (Fsp3) is 0.316. The average molecular weight is 335 g/mol. The Morgan fingerprint density at radius 2 is 2.04 bits per heavy atom. The van der Waals surface area contributed by atoms with E-state index in [1.807, 2.05) is 52.9 Å². The first-order valence-electron chi connectivity index (χ1n) is 8.48. The molecule has 0 bridgehead atoms. The van der Waals surface area contributed by atoms with Crippen molar-refractivity contribution in [2.75, 3.05) is 27.2 Å². The van der Waals surface area contributed by atoms with Crippen LogP contribution in [0.1, 0.15) is 16.8 Å². The zero-order valence-electron chi connectivity index (χ0n) is 14.5. The van der Waals surface area contributed by atoms with Crippen LogP contribution < -0.4 is 0 Å². The molecule has 0 radical (unpaired) electrons. The second-order valence-electron chi connectivity index (χ2n) is 6.64. The lowest BCUT2D eigenvalue weighted by Crippen LogP contribution is -2.38. The minimum atomic E-state index is 0.00367. The number of aromatic nitrogens is 3. The van der Waals surface area contributed by atoms with Crippen LogP contribution in [0.15, 0.2) is 48.9 Å². The first kappa shape index (κ1) is 15.8. The molecule has 128 valence electrons. The maximum atomic E-state index is 12.8. The van der Waals surface area contributed by atoms with Crippen molar-refractivity contribution >= 4 is 17.1 Å². The zero-order valence-corrected chi connectivity index (χ0v) is 14.5. The van der Waals surface area contributed by atoms with Crippen LogP contribution in [0.4, 0.5) is 0 Å². The number of imidazole rings is 1. The summed E-state index contributed by atoms with van der Waals surface area (Å²) >= 11 is 0. The number of benzene rings is 1. The molecule has 6 nitrogen and oxygen atoms in total. The van der Waals surface area contributed by atoms with Crippen molar-refractivity contribution in [2.45, 2.75) is 12.5 Å². The summed E-state index contributed by atoms with van der Waals surface area (Å²) in [7, 11) is 3.96. The molecule has 2 aromatic heterocycles. The molecule has 1 saturated heterocycles. The third-order valence-electron chi connectivity index (χ3n) is 4.90. The SMILES string of the molecule is CN1CCC(N(C)C(=O)c2cnc3c(c2)ncn3-c2ccccc2)C1. The van der Waals surface area contributed by atoms with Crippen LogP contribution >= 0.6 is 0 Å². The highest BCUT2D eigenvalue weighted by molar-refractivity contribution is 5.96. The maximum absolute atomic E-state index is 12.8. The van der Waals surface area contributed by atoms with Crippen molar-refractivity contribution < 1.29 is 4.79 Å². The molecule has 3 aromatic rings. The lowest BCUT2D eigenvalue weighted by molar-refractivity contribution is 0.0737. The molecule has 25 heavy (non-hydrogen) atoms. The molecular formula is C19H21N5O. The fourth-order valence-corrected chi connectivity index (χ4v) is 3.39. The number of fused-ring (bicyclic) bond motifs is 1. The lowest BCUT2D eigenvalue weighted by atomic mass is 10.2. The number of nitrogens with zero attached hydrogens (tertiary/aromatic N) is 5. The van der Waals surface area contributed by atoms with Crippen molar-refractivity contribution in [3.8, 4) is 5.69 Å². The van der Waals surface area contributed by atoms with Gasteiger partial charge in [-0.05, 0) is 38.2 Å². The number of likely N-dealkylation sites (N-methyl/N-ethyl adjacent to an activating group) is 2. The van der Waals surface area contributed by atoms with Crippen LogP contribution in [0, 0.1) is 0 Å². The molecule has 6 heteroatoms. The van der Waals surface area contributed by atoms with Crippen LogP contribution in [0.2, 0.25) is 0 Å². The summed E-state index contributed by atoms with van der Waals surface area (Å²) < 4.78 is 1.93. The zero-order chi connectivity index (χ0) is 17.4. The van der Waals surface area contributed by atoms with Gasteiger partial charge in [0.2, 0.25) is 0 Å². The van der Waals surface area contributed by atoms with Crippen LogP contribution in [0.5, 0.6) is 0 Å². The van der Waals surface area contributed by atoms with Gasteiger partial charge in [-0.3, -0.25) is 9.36 Å². The fourth-order valence-electron chi connectivity index (χ4n) is 3.39. The Morgan fingerprint density at radius 1 is 1.24 bits per heavy atom. The normalized spacial score (nSPS) is 17.9. The number of para-hydroxylation sites is 1. The van der Waals surface area contributed by atoms with E-state index in [0.717, 1.165) is 36.4 Å². The van der Waals surface area contributed by atoms with E-state index in [9.17, 15) is 4.79 Å². The van der Waals surface area contributed by atoms with Crippen molar-refractivity contribution in [1.82, 2.24) is 24.3 Å². The van der Waals surface area contributed by atoms with Crippen LogP contribution in [0.3, 0.4) is 0 Å². The van der Waals surface area contributed by atoms with Gasteiger partial charge in [0.05, 0.1) is 5.56 Å². The topological polar surface area (TPSA) is 54.3 Å². The van der Waals surface area contributed by atoms with Crippen molar-refractivity contribution in [3.05, 3.63) is 54.5 Å². The molecule has 1 amide bonds. The number of carbonyl (C=O) groups is 1. The van der Waals surface area contributed by atoms with Gasteiger partial charge in [0.25, 0.3) is 5.91 Å². The third kappa shape index (κ3) is 2.89. The Labute approximate surface area is 146 Å². The Bertz CT molecular complexity index is 905. The minimum absolute atomic E-state index is 0.00367. The molecule has 3 heterocycles. The number of hydrogen-bond acceptors (Lipinski definition) is 4. The molecule has 1 unspecified atom stereocenters. The highest BCUT2D eigenvalue weighted by Crippen LogP contribution is 2.19. The van der Waals surface area contributed by atoms with E-state index >= 15 is 0 Å². The lowest BCUT2D eigenvalue weighted by Gasteiger charge is -2.24. The third-order valence-corrected chi connectivity index (χ3v) is 4.90. The number of hydrogen-bond donors (Lipinski definition) is 0. The Morgan fingerprint density at radius 3 is 2.76 bits per heavy atom. The van der Waals surface area contributed by atoms with Crippen molar-refractivity contribution in [1.29, 1.82) is 0 Å². The van der Waals surface area contributed by atoms with Crippen LogP contribution in [-0.4, -0.2) is 63.5 Å². The standard InChI is InChI=1S/C19H21N5O/c1-22-9-8-16(12-22)23(2)19(25)14-10-17-18(20-11-14)24(13-21-17)15-6-4-3-5-7-15/h3-7,10-11,13,16H,8-9,12H2,1-2H3. The predicted molar refractivity (Wildman–Crippen MR) is 96.9 cm³/mol. The monoisotopic (exact) mass is 335 g/mol. The molecule has 1 aliphatic rings. The Kier molecular flexibility index (Phi) is 3.97. The number of amides is 1. The summed E-state index contributed by atoms with van der Waals surface area (Å²) in [6.45, 7) is 1.95. The summed E-state index contributed by atoms with van der Waals surface area (Å²) in [4.78, 5) is 25.8. The molecule has 0 aliphatic carbocycles. The summed E-state index contributed by atoms with van der Waals surface area (Å²) in [6.07, 6.45) is 4.41.